The van der Waals surface area contributed by atoms with Gasteiger partial charge >= 0.3 is 5.97 Å². The molecule has 0 N–H and O–H groups in total. The van der Waals surface area contributed by atoms with E-state index in [1.165, 1.54) is 12.4 Å². The van der Waals surface area contributed by atoms with Crippen molar-refractivity contribution in [1.29, 1.82) is 0 Å². The molecule has 0 saturated heterocycles. The highest BCUT2D eigenvalue weighted by Crippen LogP contribution is 2.02. The third-order valence-corrected chi connectivity index (χ3v) is 1.42. The van der Waals surface area contributed by atoms with E-state index in [1.54, 1.807) is 13.0 Å². The van der Waals surface area contributed by atoms with Crippen LogP contribution in [-0.2, 0) is 4.74 Å². The van der Waals surface area contributed by atoms with Gasteiger partial charge < -0.3 is 4.74 Å². The second-order valence-electron chi connectivity index (χ2n) is 2.33. The number of ether oxygens (including phenoxy) is 1. The summed E-state index contributed by atoms with van der Waals surface area (Å²) in [6.07, 6.45) is 8.10. The van der Waals surface area contributed by atoms with E-state index in [9.17, 15) is 4.79 Å². The average Bonchev–Trinajstić information content (AvgIpc) is 2.18. The van der Waals surface area contributed by atoms with Gasteiger partial charge in [-0.15, -0.1) is 6.42 Å². The Morgan fingerprint density at radius 3 is 3.08 bits per heavy atom. The van der Waals surface area contributed by atoms with E-state index in [0.717, 1.165) is 0 Å². The molecule has 1 aromatic rings. The molecule has 1 heterocycles. The van der Waals surface area contributed by atoms with Crippen molar-refractivity contribution in [2.45, 2.75) is 6.92 Å². The van der Waals surface area contributed by atoms with E-state index in [1.807, 2.05) is 0 Å². The quantitative estimate of drug-likeness (QED) is 0.501. The Bertz CT molecular complexity index is 352. The molecule has 0 aliphatic rings. The third-order valence-electron chi connectivity index (χ3n) is 1.42. The fraction of sp³-hybridized carbons (Fsp3) is 0.200. The summed E-state index contributed by atoms with van der Waals surface area (Å²) in [6.45, 7) is 2.09. The van der Waals surface area contributed by atoms with Gasteiger partial charge in [-0.25, -0.2) is 4.79 Å². The monoisotopic (exact) mass is 175 g/mol. The Hall–Kier alpha value is -1.82. The molecule has 0 amide bonds. The Morgan fingerprint density at radius 2 is 2.46 bits per heavy atom. The van der Waals surface area contributed by atoms with Crippen LogP contribution < -0.4 is 0 Å². The summed E-state index contributed by atoms with van der Waals surface area (Å²) in [6, 6.07) is 1.57. The SMILES string of the molecule is C#Cc1cncc(C(=O)OCC)c1. The molecule has 0 atom stereocenters. The molecule has 0 aliphatic heterocycles. The molecule has 3 heteroatoms. The largest absolute Gasteiger partial charge is 0.462 e. The minimum atomic E-state index is -0.396. The van der Waals surface area contributed by atoms with Crippen LogP contribution >= 0.6 is 0 Å². The number of hydrogen-bond acceptors (Lipinski definition) is 3. The minimum absolute atomic E-state index is 0.346. The van der Waals surface area contributed by atoms with Gasteiger partial charge in [-0.1, -0.05) is 5.92 Å². The van der Waals surface area contributed by atoms with Gasteiger partial charge in [0, 0.05) is 18.0 Å². The van der Waals surface area contributed by atoms with Gasteiger partial charge in [0.05, 0.1) is 12.2 Å². The molecular formula is C10H9NO2. The second kappa shape index (κ2) is 4.27. The van der Waals surface area contributed by atoms with Crippen LogP contribution in [0.25, 0.3) is 0 Å². The van der Waals surface area contributed by atoms with Gasteiger partial charge in [-0.2, -0.15) is 0 Å². The number of hydrogen-bond donors (Lipinski definition) is 0. The summed E-state index contributed by atoms with van der Waals surface area (Å²) in [5.74, 6) is 2.00. The van der Waals surface area contributed by atoms with Crippen molar-refractivity contribution in [2.75, 3.05) is 6.61 Å². The van der Waals surface area contributed by atoms with Gasteiger partial charge in [0.2, 0.25) is 0 Å². The molecular weight excluding hydrogens is 166 g/mol. The first-order chi connectivity index (χ1) is 6.27. The highest BCUT2D eigenvalue weighted by molar-refractivity contribution is 5.89. The molecule has 0 aromatic carbocycles. The van der Waals surface area contributed by atoms with Crippen molar-refractivity contribution in [1.82, 2.24) is 4.98 Å². The summed E-state index contributed by atoms with van der Waals surface area (Å²) in [7, 11) is 0. The first-order valence-corrected chi connectivity index (χ1v) is 3.86. The lowest BCUT2D eigenvalue weighted by Crippen LogP contribution is -2.05. The smallest absolute Gasteiger partial charge is 0.339 e. The molecule has 1 aromatic heterocycles. The number of carbonyl (C=O) groups is 1. The van der Waals surface area contributed by atoms with Crippen LogP contribution in [0.1, 0.15) is 22.8 Å². The van der Waals surface area contributed by atoms with Crippen LogP contribution in [0.5, 0.6) is 0 Å². The fourth-order valence-corrected chi connectivity index (χ4v) is 0.845. The summed E-state index contributed by atoms with van der Waals surface area (Å²) < 4.78 is 4.78. The van der Waals surface area contributed by atoms with Gasteiger partial charge in [-0.05, 0) is 13.0 Å². The molecule has 0 aliphatic carbocycles. The first kappa shape index (κ1) is 9.27. The third kappa shape index (κ3) is 2.31. The second-order valence-corrected chi connectivity index (χ2v) is 2.33. The van der Waals surface area contributed by atoms with Crippen LogP contribution in [0.15, 0.2) is 18.5 Å². The molecule has 1 rings (SSSR count). The van der Waals surface area contributed by atoms with E-state index in [4.69, 9.17) is 11.2 Å². The Kier molecular flexibility index (Phi) is 3.04. The highest BCUT2D eigenvalue weighted by atomic mass is 16.5. The normalized spacial score (nSPS) is 8.92. The van der Waals surface area contributed by atoms with Crippen molar-refractivity contribution in [3.05, 3.63) is 29.6 Å². The molecule has 0 saturated carbocycles. The number of terminal acetylenes is 1. The van der Waals surface area contributed by atoms with Crippen molar-refractivity contribution in [2.24, 2.45) is 0 Å². The number of carbonyl (C=O) groups excluding carboxylic acids is 1. The van der Waals surface area contributed by atoms with E-state index in [-0.39, 0.29) is 0 Å². The van der Waals surface area contributed by atoms with E-state index in [2.05, 4.69) is 10.9 Å². The molecule has 3 nitrogen and oxygen atoms in total. The Morgan fingerprint density at radius 1 is 1.69 bits per heavy atom. The van der Waals surface area contributed by atoms with E-state index < -0.39 is 5.97 Å². The van der Waals surface area contributed by atoms with Crippen molar-refractivity contribution >= 4 is 5.97 Å². The molecule has 0 bridgehead atoms. The summed E-state index contributed by atoms with van der Waals surface area (Å²) in [5, 5.41) is 0. The molecule has 0 fully saturated rings. The van der Waals surface area contributed by atoms with Crippen LogP contribution in [0.2, 0.25) is 0 Å². The van der Waals surface area contributed by atoms with Crippen LogP contribution in [0.4, 0.5) is 0 Å². The molecule has 13 heavy (non-hydrogen) atoms. The Balaban J connectivity index is 2.90. The van der Waals surface area contributed by atoms with Crippen LogP contribution in [-0.4, -0.2) is 17.6 Å². The molecule has 0 unspecified atom stereocenters. The van der Waals surface area contributed by atoms with Gasteiger partial charge in [0.15, 0.2) is 0 Å². The molecule has 0 radical (unpaired) electrons. The summed E-state index contributed by atoms with van der Waals surface area (Å²) >= 11 is 0. The summed E-state index contributed by atoms with van der Waals surface area (Å²) in [4.78, 5) is 15.0. The van der Waals surface area contributed by atoms with Gasteiger partial charge in [0.1, 0.15) is 0 Å². The topological polar surface area (TPSA) is 39.2 Å². The lowest BCUT2D eigenvalue weighted by Gasteiger charge is -2.00. The maximum atomic E-state index is 11.2. The Labute approximate surface area is 76.8 Å². The maximum absolute atomic E-state index is 11.2. The van der Waals surface area contributed by atoms with Crippen LogP contribution in [0, 0.1) is 12.3 Å². The van der Waals surface area contributed by atoms with Crippen LogP contribution in [0.3, 0.4) is 0 Å². The summed E-state index contributed by atoms with van der Waals surface area (Å²) in [5.41, 5.74) is 0.961. The van der Waals surface area contributed by atoms with Crippen molar-refractivity contribution in [3.8, 4) is 12.3 Å². The van der Waals surface area contributed by atoms with Crippen molar-refractivity contribution in [3.63, 3.8) is 0 Å². The average molecular weight is 175 g/mol. The zero-order valence-electron chi connectivity index (χ0n) is 7.28. The maximum Gasteiger partial charge on any atom is 0.339 e. The first-order valence-electron chi connectivity index (χ1n) is 3.86. The minimum Gasteiger partial charge on any atom is -0.462 e. The molecule has 0 spiro atoms. The number of rotatable bonds is 2. The fourth-order valence-electron chi connectivity index (χ4n) is 0.845. The predicted molar refractivity (Wildman–Crippen MR) is 48.1 cm³/mol. The lowest BCUT2D eigenvalue weighted by molar-refractivity contribution is 0.0526. The van der Waals surface area contributed by atoms with E-state index >= 15 is 0 Å². The van der Waals surface area contributed by atoms with Gasteiger partial charge in [0.25, 0.3) is 0 Å². The number of pyridine rings is 1. The predicted octanol–water partition coefficient (Wildman–Crippen LogP) is 1.24. The number of esters is 1. The zero-order valence-corrected chi connectivity index (χ0v) is 7.28. The standard InChI is InChI=1S/C10H9NO2/c1-3-8-5-9(7-11-6-8)10(12)13-4-2/h1,5-7H,4H2,2H3. The lowest BCUT2D eigenvalue weighted by atomic mass is 10.2. The van der Waals surface area contributed by atoms with E-state index in [0.29, 0.717) is 17.7 Å². The molecule has 66 valence electrons. The number of aromatic nitrogens is 1. The number of nitrogens with zero attached hydrogens (tertiary/aromatic N) is 1. The zero-order chi connectivity index (χ0) is 9.68. The highest BCUT2D eigenvalue weighted by Gasteiger charge is 2.06. The van der Waals surface area contributed by atoms with Crippen molar-refractivity contribution < 1.29 is 9.53 Å². The van der Waals surface area contributed by atoms with Gasteiger partial charge in [-0.3, -0.25) is 4.98 Å².